The van der Waals surface area contributed by atoms with E-state index in [-0.39, 0.29) is 17.4 Å². The zero-order chi connectivity index (χ0) is 22.1. The summed E-state index contributed by atoms with van der Waals surface area (Å²) in [5, 5.41) is 4.11. The van der Waals surface area contributed by atoms with Crippen molar-refractivity contribution < 1.29 is 4.79 Å². The number of carbonyl (C=O) groups excluding carboxylic acids is 1. The van der Waals surface area contributed by atoms with Crippen LogP contribution in [0, 0.1) is 19.8 Å². The molecule has 4 rings (SSSR count). The third-order valence-corrected chi connectivity index (χ3v) is 5.53. The van der Waals surface area contributed by atoms with Gasteiger partial charge in [0, 0.05) is 23.3 Å². The predicted molar refractivity (Wildman–Crippen MR) is 121 cm³/mol. The second-order valence-electron chi connectivity index (χ2n) is 8.03. The van der Waals surface area contributed by atoms with E-state index < -0.39 is 6.04 Å². The van der Waals surface area contributed by atoms with Gasteiger partial charge in [-0.15, -0.1) is 0 Å². The fourth-order valence-corrected chi connectivity index (χ4v) is 3.73. The van der Waals surface area contributed by atoms with E-state index in [2.05, 4.69) is 25.3 Å². The van der Waals surface area contributed by atoms with Crippen LogP contribution < -0.4 is 10.9 Å². The Bertz CT molecular complexity index is 1300. The van der Waals surface area contributed by atoms with E-state index in [1.54, 1.807) is 24.4 Å². The summed E-state index contributed by atoms with van der Waals surface area (Å²) in [5.41, 5.74) is 4.31. The Morgan fingerprint density at radius 3 is 2.58 bits per heavy atom. The number of hydrogen-bond acceptors (Lipinski definition) is 4. The Morgan fingerprint density at radius 2 is 1.87 bits per heavy atom. The highest BCUT2D eigenvalue weighted by atomic mass is 16.1. The molecular formula is C24H25N5O2. The van der Waals surface area contributed by atoms with Crippen molar-refractivity contribution in [1.29, 1.82) is 0 Å². The van der Waals surface area contributed by atoms with Crippen LogP contribution >= 0.6 is 0 Å². The predicted octanol–water partition coefficient (Wildman–Crippen LogP) is 4.06. The molecule has 0 radical (unpaired) electrons. The molecule has 3 heterocycles. The van der Waals surface area contributed by atoms with Crippen molar-refractivity contribution in [2.45, 2.75) is 33.7 Å². The molecule has 31 heavy (non-hydrogen) atoms. The SMILES string of the molecule is Cc1[nH]c2c(C(=O)NC(c3cc(=O)[nH]c(-c4ccccn4)n3)C(C)C)cccc2c1C. The maximum atomic E-state index is 13.3. The summed E-state index contributed by atoms with van der Waals surface area (Å²) in [7, 11) is 0. The number of aryl methyl sites for hydroxylation is 2. The third kappa shape index (κ3) is 3.99. The van der Waals surface area contributed by atoms with Gasteiger partial charge in [0.25, 0.3) is 11.5 Å². The molecule has 158 valence electrons. The molecule has 7 heteroatoms. The number of aromatic amines is 2. The number of hydrogen-bond donors (Lipinski definition) is 3. The summed E-state index contributed by atoms with van der Waals surface area (Å²) in [6, 6.07) is 12.1. The molecule has 4 aromatic rings. The number of H-pyrrole nitrogens is 2. The molecule has 0 spiro atoms. The lowest BCUT2D eigenvalue weighted by Crippen LogP contribution is -2.33. The zero-order valence-corrected chi connectivity index (χ0v) is 18.0. The van der Waals surface area contributed by atoms with Crippen molar-refractivity contribution >= 4 is 16.8 Å². The Kier molecular flexibility index (Phi) is 5.42. The molecule has 0 aliphatic carbocycles. The van der Waals surface area contributed by atoms with Crippen molar-refractivity contribution in [2.24, 2.45) is 5.92 Å². The number of aromatic nitrogens is 4. The van der Waals surface area contributed by atoms with E-state index in [1.165, 1.54) is 6.07 Å². The van der Waals surface area contributed by atoms with E-state index in [0.717, 1.165) is 22.2 Å². The van der Waals surface area contributed by atoms with Crippen LogP contribution in [0.4, 0.5) is 0 Å². The van der Waals surface area contributed by atoms with Crippen LogP contribution in [0.2, 0.25) is 0 Å². The van der Waals surface area contributed by atoms with Gasteiger partial charge in [0.05, 0.1) is 22.8 Å². The number of benzene rings is 1. The van der Waals surface area contributed by atoms with Crippen molar-refractivity contribution in [3.8, 4) is 11.5 Å². The number of para-hydroxylation sites is 1. The van der Waals surface area contributed by atoms with Crippen LogP contribution in [0.15, 0.2) is 53.5 Å². The van der Waals surface area contributed by atoms with Gasteiger partial charge in [0.2, 0.25) is 0 Å². The van der Waals surface area contributed by atoms with E-state index in [9.17, 15) is 9.59 Å². The zero-order valence-electron chi connectivity index (χ0n) is 18.0. The average Bonchev–Trinajstić information content (AvgIpc) is 3.05. The number of carbonyl (C=O) groups is 1. The Labute approximate surface area is 180 Å². The first kappa shape index (κ1) is 20.5. The van der Waals surface area contributed by atoms with Crippen LogP contribution in [0.1, 0.15) is 47.2 Å². The highest BCUT2D eigenvalue weighted by Crippen LogP contribution is 2.26. The number of fused-ring (bicyclic) bond motifs is 1. The Hall–Kier alpha value is -3.74. The largest absolute Gasteiger partial charge is 0.358 e. The van der Waals surface area contributed by atoms with Crippen molar-refractivity contribution in [3.05, 3.63) is 81.5 Å². The van der Waals surface area contributed by atoms with Gasteiger partial charge in [-0.1, -0.05) is 32.0 Å². The molecule has 0 aliphatic rings. The molecule has 1 atom stereocenters. The molecule has 0 saturated carbocycles. The van der Waals surface area contributed by atoms with Gasteiger partial charge in [-0.25, -0.2) is 4.98 Å². The first-order chi connectivity index (χ1) is 14.8. The summed E-state index contributed by atoms with van der Waals surface area (Å²) in [6.45, 7) is 7.99. The minimum atomic E-state index is -0.440. The number of nitrogens with zero attached hydrogens (tertiary/aromatic N) is 2. The lowest BCUT2D eigenvalue weighted by molar-refractivity contribution is 0.0926. The highest BCUT2D eigenvalue weighted by Gasteiger charge is 2.23. The molecule has 1 amide bonds. The fourth-order valence-electron chi connectivity index (χ4n) is 3.73. The van der Waals surface area contributed by atoms with Gasteiger partial charge in [-0.05, 0) is 43.5 Å². The molecule has 3 aromatic heterocycles. The second kappa shape index (κ2) is 8.18. The van der Waals surface area contributed by atoms with Crippen LogP contribution in [-0.4, -0.2) is 25.8 Å². The molecular weight excluding hydrogens is 390 g/mol. The topological polar surface area (TPSA) is 104 Å². The van der Waals surface area contributed by atoms with Crippen LogP contribution in [-0.2, 0) is 0 Å². The maximum absolute atomic E-state index is 13.3. The Morgan fingerprint density at radius 1 is 1.06 bits per heavy atom. The second-order valence-corrected chi connectivity index (χ2v) is 8.03. The summed E-state index contributed by atoms with van der Waals surface area (Å²) in [5.74, 6) is 0.175. The number of rotatable bonds is 5. The first-order valence-corrected chi connectivity index (χ1v) is 10.3. The lowest BCUT2D eigenvalue weighted by Gasteiger charge is -2.22. The maximum Gasteiger partial charge on any atom is 0.253 e. The molecule has 0 bridgehead atoms. The number of pyridine rings is 1. The Balaban J connectivity index is 1.71. The first-order valence-electron chi connectivity index (χ1n) is 10.3. The summed E-state index contributed by atoms with van der Waals surface area (Å²) >= 11 is 0. The van der Waals surface area contributed by atoms with Gasteiger partial charge in [-0.3, -0.25) is 14.6 Å². The molecule has 0 aliphatic heterocycles. The van der Waals surface area contributed by atoms with Gasteiger partial charge in [0.15, 0.2) is 5.82 Å². The van der Waals surface area contributed by atoms with Gasteiger partial charge < -0.3 is 15.3 Å². The lowest BCUT2D eigenvalue weighted by atomic mass is 9.99. The van der Waals surface area contributed by atoms with Crippen molar-refractivity contribution in [2.75, 3.05) is 0 Å². The molecule has 0 saturated heterocycles. The molecule has 1 aromatic carbocycles. The van der Waals surface area contributed by atoms with E-state index in [4.69, 9.17) is 0 Å². The van der Waals surface area contributed by atoms with Gasteiger partial charge in [0.1, 0.15) is 5.69 Å². The molecule has 7 nitrogen and oxygen atoms in total. The number of nitrogens with one attached hydrogen (secondary N) is 3. The standard InChI is InChI=1S/C24H25N5O2/c1-13(2)21(19-12-20(30)28-23(27-19)18-10-5-6-11-25-18)29-24(31)17-9-7-8-16-14(3)15(4)26-22(16)17/h5-13,21,26H,1-4H3,(H,29,31)(H,27,28,30). The molecule has 0 fully saturated rings. The van der Waals surface area contributed by atoms with E-state index in [0.29, 0.717) is 22.8 Å². The monoisotopic (exact) mass is 415 g/mol. The van der Waals surface area contributed by atoms with Gasteiger partial charge >= 0.3 is 0 Å². The van der Waals surface area contributed by atoms with Crippen molar-refractivity contribution in [3.63, 3.8) is 0 Å². The quantitative estimate of drug-likeness (QED) is 0.457. The number of amides is 1. The van der Waals surface area contributed by atoms with Crippen LogP contribution in [0.25, 0.3) is 22.4 Å². The van der Waals surface area contributed by atoms with E-state index >= 15 is 0 Å². The molecule has 1 unspecified atom stereocenters. The van der Waals surface area contributed by atoms with Crippen LogP contribution in [0.5, 0.6) is 0 Å². The smallest absolute Gasteiger partial charge is 0.253 e. The summed E-state index contributed by atoms with van der Waals surface area (Å²) < 4.78 is 0. The average molecular weight is 415 g/mol. The summed E-state index contributed by atoms with van der Waals surface area (Å²) in [6.07, 6.45) is 1.64. The van der Waals surface area contributed by atoms with Gasteiger partial charge in [-0.2, -0.15) is 0 Å². The highest BCUT2D eigenvalue weighted by molar-refractivity contribution is 6.06. The fraction of sp³-hybridized carbons (Fsp3) is 0.250. The van der Waals surface area contributed by atoms with E-state index in [1.807, 2.05) is 45.9 Å². The normalized spacial score (nSPS) is 12.3. The third-order valence-electron chi connectivity index (χ3n) is 5.53. The molecule has 3 N–H and O–H groups in total. The van der Waals surface area contributed by atoms with Crippen LogP contribution in [0.3, 0.4) is 0 Å². The van der Waals surface area contributed by atoms with Crippen molar-refractivity contribution in [1.82, 2.24) is 25.3 Å². The summed E-state index contributed by atoms with van der Waals surface area (Å²) in [4.78, 5) is 40.5. The minimum absolute atomic E-state index is 0.0150. The minimum Gasteiger partial charge on any atom is -0.358 e.